The molecule has 2 rings (SSSR count). The summed E-state index contributed by atoms with van der Waals surface area (Å²) in [5, 5.41) is 8.86. The van der Waals surface area contributed by atoms with Crippen molar-refractivity contribution in [3.8, 4) is 0 Å². The van der Waals surface area contributed by atoms with E-state index in [-0.39, 0.29) is 11.8 Å². The van der Waals surface area contributed by atoms with Crippen LogP contribution in [0.5, 0.6) is 0 Å². The van der Waals surface area contributed by atoms with E-state index in [1.807, 2.05) is 6.20 Å². The number of hydrogen-bond donors (Lipinski definition) is 1. The Labute approximate surface area is 126 Å². The van der Waals surface area contributed by atoms with Crippen molar-refractivity contribution in [2.24, 2.45) is 0 Å². The van der Waals surface area contributed by atoms with Gasteiger partial charge in [0.15, 0.2) is 0 Å². The zero-order chi connectivity index (χ0) is 15.5. The molecule has 1 saturated heterocycles. The van der Waals surface area contributed by atoms with Gasteiger partial charge in [-0.15, -0.1) is 0 Å². The molecule has 2 heterocycles. The Morgan fingerprint density at radius 2 is 2.24 bits per heavy atom. The highest BCUT2D eigenvalue weighted by Gasteiger charge is 2.25. The number of carboxylic acid groups (broad SMARTS) is 1. The van der Waals surface area contributed by atoms with Crippen molar-refractivity contribution in [1.82, 2.24) is 9.88 Å². The largest absolute Gasteiger partial charge is 0.481 e. The maximum Gasteiger partial charge on any atom is 0.303 e. The van der Waals surface area contributed by atoms with Gasteiger partial charge in [0.05, 0.1) is 12.7 Å². The number of carboxylic acids is 1. The van der Waals surface area contributed by atoms with Crippen LogP contribution in [-0.4, -0.2) is 33.5 Å². The molecule has 1 aliphatic rings. The molecule has 1 aromatic heterocycles. The number of nitrogens with zero attached hydrogens (tertiary/aromatic N) is 2. The minimum absolute atomic E-state index is 0.0319. The van der Waals surface area contributed by atoms with Gasteiger partial charge in [0.1, 0.15) is 5.76 Å². The molecule has 0 amide bonds. The van der Waals surface area contributed by atoms with Gasteiger partial charge < -0.3 is 9.52 Å². The molecule has 1 fully saturated rings. The summed E-state index contributed by atoms with van der Waals surface area (Å²) in [5.41, 5.74) is -0.0319. The zero-order valence-corrected chi connectivity index (χ0v) is 13.3. The fourth-order valence-electron chi connectivity index (χ4n) is 2.79. The Hall–Kier alpha value is -1.36. The first-order valence-corrected chi connectivity index (χ1v) is 7.77. The Bertz CT molecular complexity index is 476. The monoisotopic (exact) mass is 294 g/mol. The molecule has 5 nitrogen and oxygen atoms in total. The Balaban J connectivity index is 1.98. The first kappa shape index (κ1) is 16.0. The third-order valence-electron chi connectivity index (χ3n) is 4.07. The van der Waals surface area contributed by atoms with E-state index in [1.54, 1.807) is 0 Å². The molecule has 0 aromatic carbocycles. The summed E-state index contributed by atoms with van der Waals surface area (Å²) in [7, 11) is 0. The van der Waals surface area contributed by atoms with Crippen molar-refractivity contribution >= 4 is 5.97 Å². The van der Waals surface area contributed by atoms with E-state index in [9.17, 15) is 4.79 Å². The van der Waals surface area contributed by atoms with Crippen molar-refractivity contribution in [3.05, 3.63) is 17.8 Å². The molecule has 1 aliphatic heterocycles. The van der Waals surface area contributed by atoms with Crippen molar-refractivity contribution < 1.29 is 14.3 Å². The lowest BCUT2D eigenvalue weighted by Crippen LogP contribution is -2.39. The Kier molecular flexibility index (Phi) is 5.04. The highest BCUT2D eigenvalue weighted by molar-refractivity contribution is 5.66. The third-order valence-corrected chi connectivity index (χ3v) is 4.07. The summed E-state index contributed by atoms with van der Waals surface area (Å²) in [6.45, 7) is 7.99. The van der Waals surface area contributed by atoms with Gasteiger partial charge in [0, 0.05) is 17.9 Å². The Morgan fingerprint density at radius 1 is 1.48 bits per heavy atom. The summed E-state index contributed by atoms with van der Waals surface area (Å²) in [4.78, 5) is 17.5. The zero-order valence-electron chi connectivity index (χ0n) is 13.3. The number of likely N-dealkylation sites (tertiary alicyclic amines) is 1. The molecule has 1 N–H and O–H groups in total. The minimum Gasteiger partial charge on any atom is -0.481 e. The number of rotatable bonds is 5. The summed E-state index contributed by atoms with van der Waals surface area (Å²) in [6, 6.07) is 0.333. The number of oxazole rings is 1. The maximum atomic E-state index is 10.8. The van der Waals surface area contributed by atoms with Crippen LogP contribution in [0.3, 0.4) is 0 Å². The van der Waals surface area contributed by atoms with E-state index >= 15 is 0 Å². The topological polar surface area (TPSA) is 66.6 Å². The molecular formula is C16H26N2O3. The molecule has 1 unspecified atom stereocenters. The quantitative estimate of drug-likeness (QED) is 0.903. The number of carbonyl (C=O) groups is 1. The average molecular weight is 294 g/mol. The molecule has 0 bridgehead atoms. The fraction of sp³-hybridized carbons (Fsp3) is 0.750. The predicted octanol–water partition coefficient (Wildman–Crippen LogP) is 3.19. The van der Waals surface area contributed by atoms with Crippen molar-refractivity contribution in [3.63, 3.8) is 0 Å². The second-order valence-corrected chi connectivity index (χ2v) is 6.92. The molecule has 1 atom stereocenters. The summed E-state index contributed by atoms with van der Waals surface area (Å²) >= 11 is 0. The maximum absolute atomic E-state index is 10.8. The van der Waals surface area contributed by atoms with Crippen LogP contribution in [0.2, 0.25) is 0 Å². The Morgan fingerprint density at radius 3 is 2.86 bits per heavy atom. The molecule has 0 radical (unpaired) electrons. The van der Waals surface area contributed by atoms with E-state index < -0.39 is 5.97 Å². The van der Waals surface area contributed by atoms with Crippen LogP contribution >= 0.6 is 0 Å². The predicted molar refractivity (Wildman–Crippen MR) is 80.1 cm³/mol. The van der Waals surface area contributed by atoms with Crippen LogP contribution in [0, 0.1) is 0 Å². The van der Waals surface area contributed by atoms with Gasteiger partial charge in [-0.1, -0.05) is 27.2 Å². The van der Waals surface area contributed by atoms with E-state index in [2.05, 4.69) is 30.7 Å². The van der Waals surface area contributed by atoms with Crippen molar-refractivity contribution in [2.45, 2.75) is 70.9 Å². The standard InChI is InChI=1S/C16H26N2O3/c1-16(2,3)13-10-17-14(21-13)11-18-9-5-4-6-12(18)7-8-15(19)20/h10,12H,4-9,11H2,1-3H3,(H,19,20). The van der Waals surface area contributed by atoms with Gasteiger partial charge in [0.2, 0.25) is 5.89 Å². The molecule has 118 valence electrons. The first-order valence-electron chi connectivity index (χ1n) is 7.77. The molecule has 0 saturated carbocycles. The lowest BCUT2D eigenvalue weighted by Gasteiger charge is -2.34. The van der Waals surface area contributed by atoms with Crippen LogP contribution in [-0.2, 0) is 16.8 Å². The average Bonchev–Trinajstić information content (AvgIpc) is 2.86. The van der Waals surface area contributed by atoms with Crippen LogP contribution < -0.4 is 0 Å². The number of piperidine rings is 1. The van der Waals surface area contributed by atoms with Crippen LogP contribution in [0.4, 0.5) is 0 Å². The van der Waals surface area contributed by atoms with Gasteiger partial charge in [-0.2, -0.15) is 0 Å². The SMILES string of the molecule is CC(C)(C)c1cnc(CN2CCCCC2CCC(=O)O)o1. The van der Waals surface area contributed by atoms with Gasteiger partial charge in [-0.3, -0.25) is 9.69 Å². The fourth-order valence-corrected chi connectivity index (χ4v) is 2.79. The lowest BCUT2D eigenvalue weighted by atomic mass is 9.94. The van der Waals surface area contributed by atoms with Gasteiger partial charge in [-0.05, 0) is 25.8 Å². The summed E-state index contributed by atoms with van der Waals surface area (Å²) in [6.07, 6.45) is 6.17. The van der Waals surface area contributed by atoms with Crippen molar-refractivity contribution in [2.75, 3.05) is 6.54 Å². The van der Waals surface area contributed by atoms with Crippen molar-refractivity contribution in [1.29, 1.82) is 0 Å². The third kappa shape index (κ3) is 4.56. The van der Waals surface area contributed by atoms with E-state index in [0.29, 0.717) is 19.0 Å². The van der Waals surface area contributed by atoms with E-state index in [0.717, 1.165) is 31.0 Å². The van der Waals surface area contributed by atoms with E-state index in [1.165, 1.54) is 6.42 Å². The van der Waals surface area contributed by atoms with Crippen LogP contribution in [0.1, 0.15) is 64.5 Å². The molecule has 0 aliphatic carbocycles. The number of aromatic nitrogens is 1. The lowest BCUT2D eigenvalue weighted by molar-refractivity contribution is -0.137. The van der Waals surface area contributed by atoms with Gasteiger partial charge in [-0.25, -0.2) is 4.98 Å². The highest BCUT2D eigenvalue weighted by atomic mass is 16.4. The smallest absolute Gasteiger partial charge is 0.303 e. The minimum atomic E-state index is -0.716. The number of aliphatic carboxylic acids is 1. The summed E-state index contributed by atoms with van der Waals surface area (Å²) in [5.74, 6) is 0.922. The second kappa shape index (κ2) is 6.60. The molecule has 5 heteroatoms. The highest BCUT2D eigenvalue weighted by Crippen LogP contribution is 2.26. The molecule has 0 spiro atoms. The molecule has 1 aromatic rings. The molecule has 21 heavy (non-hydrogen) atoms. The van der Waals surface area contributed by atoms with E-state index in [4.69, 9.17) is 9.52 Å². The number of hydrogen-bond acceptors (Lipinski definition) is 4. The molecular weight excluding hydrogens is 268 g/mol. The van der Waals surface area contributed by atoms with Gasteiger partial charge >= 0.3 is 5.97 Å². The second-order valence-electron chi connectivity index (χ2n) is 6.92. The first-order chi connectivity index (χ1) is 9.86. The van der Waals surface area contributed by atoms with Crippen LogP contribution in [0.15, 0.2) is 10.6 Å². The van der Waals surface area contributed by atoms with Crippen LogP contribution in [0.25, 0.3) is 0 Å². The summed E-state index contributed by atoms with van der Waals surface area (Å²) < 4.78 is 5.86. The van der Waals surface area contributed by atoms with Gasteiger partial charge in [0.25, 0.3) is 0 Å². The normalized spacial score (nSPS) is 20.6.